The molecule has 0 saturated carbocycles. The van der Waals surface area contributed by atoms with E-state index in [1.54, 1.807) is 24.3 Å². The molecule has 1 saturated heterocycles. The molecule has 1 aromatic carbocycles. The molecular formula is C20H25NO7S. The van der Waals surface area contributed by atoms with Crippen LogP contribution in [0, 0.1) is 0 Å². The SMILES string of the molecule is C[C@H](OC(=O)/C=C/c1ccc2c(c1)OCCCO2)C(=O)N(C)[C@@H]1CCS(=O)(=O)C1. The van der Waals surface area contributed by atoms with Gasteiger partial charge in [0.05, 0.1) is 24.7 Å². The van der Waals surface area contributed by atoms with Gasteiger partial charge in [-0.05, 0) is 37.1 Å². The third-order valence-corrected chi connectivity index (χ3v) is 6.68. The molecule has 1 fully saturated rings. The Morgan fingerprint density at radius 1 is 1.24 bits per heavy atom. The Morgan fingerprint density at radius 3 is 2.66 bits per heavy atom. The Kier molecular flexibility index (Phi) is 6.46. The minimum absolute atomic E-state index is 0.0556. The molecule has 1 amide bonds. The van der Waals surface area contributed by atoms with Crippen molar-refractivity contribution in [1.82, 2.24) is 4.90 Å². The van der Waals surface area contributed by atoms with Crippen LogP contribution in [0.2, 0.25) is 0 Å². The van der Waals surface area contributed by atoms with Crippen molar-refractivity contribution in [2.45, 2.75) is 31.9 Å². The number of carbonyl (C=O) groups excluding carboxylic acids is 2. The lowest BCUT2D eigenvalue weighted by molar-refractivity contribution is -0.155. The van der Waals surface area contributed by atoms with E-state index in [0.717, 1.165) is 12.0 Å². The summed E-state index contributed by atoms with van der Waals surface area (Å²) in [7, 11) is -1.57. The predicted molar refractivity (Wildman–Crippen MR) is 106 cm³/mol. The fourth-order valence-electron chi connectivity index (χ4n) is 3.26. The van der Waals surface area contributed by atoms with Crippen LogP contribution in [0.25, 0.3) is 6.08 Å². The fraction of sp³-hybridized carbons (Fsp3) is 0.500. The number of sulfone groups is 1. The molecule has 0 aliphatic carbocycles. The Bertz CT molecular complexity index is 909. The molecule has 3 rings (SSSR count). The van der Waals surface area contributed by atoms with Gasteiger partial charge in [0.15, 0.2) is 27.4 Å². The number of likely N-dealkylation sites (N-methyl/N-ethyl adjacent to an activating group) is 1. The summed E-state index contributed by atoms with van der Waals surface area (Å²) < 4.78 is 39.5. The number of hydrogen-bond acceptors (Lipinski definition) is 7. The van der Waals surface area contributed by atoms with Crippen LogP contribution in [-0.4, -0.2) is 69.1 Å². The van der Waals surface area contributed by atoms with Gasteiger partial charge in [-0.3, -0.25) is 4.79 Å². The molecule has 0 spiro atoms. The van der Waals surface area contributed by atoms with E-state index in [1.807, 2.05) is 0 Å². The fourth-order valence-corrected chi connectivity index (χ4v) is 5.03. The smallest absolute Gasteiger partial charge is 0.331 e. The molecule has 0 bridgehead atoms. The lowest BCUT2D eigenvalue weighted by Crippen LogP contribution is -2.44. The summed E-state index contributed by atoms with van der Waals surface area (Å²) in [6.07, 6.45) is 3.00. The second-order valence-corrected chi connectivity index (χ2v) is 9.40. The second-order valence-electron chi connectivity index (χ2n) is 7.18. The summed E-state index contributed by atoms with van der Waals surface area (Å²) >= 11 is 0. The summed E-state index contributed by atoms with van der Waals surface area (Å²) in [5.74, 6) is 0.213. The highest BCUT2D eigenvalue weighted by Crippen LogP contribution is 2.30. The molecule has 9 heteroatoms. The van der Waals surface area contributed by atoms with Gasteiger partial charge < -0.3 is 19.1 Å². The maximum Gasteiger partial charge on any atom is 0.331 e. The largest absolute Gasteiger partial charge is 0.490 e. The maximum absolute atomic E-state index is 12.4. The normalized spacial score (nSPS) is 21.4. The van der Waals surface area contributed by atoms with Gasteiger partial charge in [-0.1, -0.05) is 6.07 Å². The molecule has 2 aliphatic heterocycles. The number of carbonyl (C=O) groups is 2. The van der Waals surface area contributed by atoms with Gasteiger partial charge in [0.25, 0.3) is 5.91 Å². The molecule has 2 aliphatic rings. The Hall–Kier alpha value is -2.55. The summed E-state index contributed by atoms with van der Waals surface area (Å²) in [4.78, 5) is 25.9. The van der Waals surface area contributed by atoms with Crippen molar-refractivity contribution in [3.63, 3.8) is 0 Å². The van der Waals surface area contributed by atoms with E-state index in [1.165, 1.54) is 24.9 Å². The van der Waals surface area contributed by atoms with Gasteiger partial charge in [-0.15, -0.1) is 0 Å². The predicted octanol–water partition coefficient (Wildman–Crippen LogP) is 1.44. The van der Waals surface area contributed by atoms with Crippen LogP contribution >= 0.6 is 0 Å². The van der Waals surface area contributed by atoms with E-state index in [0.29, 0.717) is 31.1 Å². The summed E-state index contributed by atoms with van der Waals surface area (Å²) in [6, 6.07) is 4.96. The zero-order valence-corrected chi connectivity index (χ0v) is 17.3. The van der Waals surface area contributed by atoms with E-state index in [-0.39, 0.29) is 17.5 Å². The average molecular weight is 423 g/mol. The second kappa shape index (κ2) is 8.86. The van der Waals surface area contributed by atoms with Crippen molar-refractivity contribution in [1.29, 1.82) is 0 Å². The Balaban J connectivity index is 1.55. The van der Waals surface area contributed by atoms with Gasteiger partial charge in [-0.25, -0.2) is 13.2 Å². The van der Waals surface area contributed by atoms with Crippen LogP contribution in [0.4, 0.5) is 0 Å². The minimum atomic E-state index is -3.10. The summed E-state index contributed by atoms with van der Waals surface area (Å²) in [5, 5.41) is 0. The average Bonchev–Trinajstić information content (AvgIpc) is 2.90. The van der Waals surface area contributed by atoms with Crippen molar-refractivity contribution < 1.29 is 32.2 Å². The number of amides is 1. The van der Waals surface area contributed by atoms with Crippen LogP contribution in [0.1, 0.15) is 25.3 Å². The molecule has 0 radical (unpaired) electrons. The summed E-state index contributed by atoms with van der Waals surface area (Å²) in [6.45, 7) is 2.64. The highest BCUT2D eigenvalue weighted by Gasteiger charge is 2.34. The first-order valence-electron chi connectivity index (χ1n) is 9.50. The molecule has 0 N–H and O–H groups in total. The number of nitrogens with zero attached hydrogens (tertiary/aromatic N) is 1. The lowest BCUT2D eigenvalue weighted by atomic mass is 10.2. The standard InChI is InChI=1S/C20H25NO7S/c1-14(20(23)21(2)16-8-11-29(24,25)13-16)28-19(22)7-5-15-4-6-17-18(12-15)27-10-3-9-26-17/h4-7,12,14,16H,3,8-11,13H2,1-2H3/b7-5+/t14-,16+/m0/s1. The number of fused-ring (bicyclic) bond motifs is 1. The highest BCUT2D eigenvalue weighted by atomic mass is 32.2. The molecule has 2 heterocycles. The molecule has 0 aromatic heterocycles. The Labute approximate surface area is 170 Å². The van der Waals surface area contributed by atoms with E-state index >= 15 is 0 Å². The van der Waals surface area contributed by atoms with Crippen molar-refractivity contribution in [3.8, 4) is 11.5 Å². The van der Waals surface area contributed by atoms with Crippen molar-refractivity contribution in [2.24, 2.45) is 0 Å². The zero-order valence-electron chi connectivity index (χ0n) is 16.5. The van der Waals surface area contributed by atoms with Crippen LogP contribution in [0.3, 0.4) is 0 Å². The van der Waals surface area contributed by atoms with Gasteiger partial charge in [0.1, 0.15) is 0 Å². The van der Waals surface area contributed by atoms with Crippen LogP contribution in [0.15, 0.2) is 24.3 Å². The minimum Gasteiger partial charge on any atom is -0.490 e. The molecule has 158 valence electrons. The first-order chi connectivity index (χ1) is 13.7. The lowest BCUT2D eigenvalue weighted by Gasteiger charge is -2.26. The number of benzene rings is 1. The van der Waals surface area contributed by atoms with Crippen molar-refractivity contribution in [2.75, 3.05) is 31.8 Å². The third kappa shape index (κ3) is 5.50. The maximum atomic E-state index is 12.4. The number of rotatable bonds is 5. The summed E-state index contributed by atoms with van der Waals surface area (Å²) in [5.41, 5.74) is 0.735. The third-order valence-electron chi connectivity index (χ3n) is 4.93. The topological polar surface area (TPSA) is 99.2 Å². The molecule has 0 unspecified atom stereocenters. The quantitative estimate of drug-likeness (QED) is 0.522. The molecule has 2 atom stereocenters. The van der Waals surface area contributed by atoms with E-state index < -0.39 is 27.8 Å². The van der Waals surface area contributed by atoms with E-state index in [4.69, 9.17) is 14.2 Å². The van der Waals surface area contributed by atoms with Crippen molar-refractivity contribution in [3.05, 3.63) is 29.8 Å². The van der Waals surface area contributed by atoms with Gasteiger partial charge in [-0.2, -0.15) is 0 Å². The molecule has 1 aromatic rings. The van der Waals surface area contributed by atoms with E-state index in [9.17, 15) is 18.0 Å². The first-order valence-corrected chi connectivity index (χ1v) is 11.3. The number of esters is 1. The number of ether oxygens (including phenoxy) is 3. The number of hydrogen-bond donors (Lipinski definition) is 0. The highest BCUT2D eigenvalue weighted by molar-refractivity contribution is 7.91. The Morgan fingerprint density at radius 2 is 1.97 bits per heavy atom. The van der Waals surface area contributed by atoms with Gasteiger partial charge in [0.2, 0.25) is 0 Å². The van der Waals surface area contributed by atoms with Gasteiger partial charge >= 0.3 is 5.97 Å². The van der Waals surface area contributed by atoms with Crippen LogP contribution in [-0.2, 0) is 24.2 Å². The van der Waals surface area contributed by atoms with Crippen LogP contribution < -0.4 is 9.47 Å². The first kappa shape index (κ1) is 21.2. The van der Waals surface area contributed by atoms with Crippen LogP contribution in [0.5, 0.6) is 11.5 Å². The molecule has 8 nitrogen and oxygen atoms in total. The molecule has 29 heavy (non-hydrogen) atoms. The molecular weight excluding hydrogens is 398 g/mol. The van der Waals surface area contributed by atoms with E-state index in [2.05, 4.69) is 0 Å². The van der Waals surface area contributed by atoms with Gasteiger partial charge in [0, 0.05) is 25.6 Å². The zero-order chi connectivity index (χ0) is 21.0. The monoisotopic (exact) mass is 423 g/mol. The van der Waals surface area contributed by atoms with Crippen molar-refractivity contribution >= 4 is 27.8 Å².